The van der Waals surface area contributed by atoms with Crippen molar-refractivity contribution in [1.82, 2.24) is 9.97 Å². The van der Waals surface area contributed by atoms with Crippen molar-refractivity contribution < 1.29 is 9.47 Å². The van der Waals surface area contributed by atoms with Crippen LogP contribution in [-0.2, 0) is 4.74 Å². The molecule has 2 heterocycles. The van der Waals surface area contributed by atoms with Crippen molar-refractivity contribution in [2.24, 2.45) is 0 Å². The third-order valence-corrected chi connectivity index (χ3v) is 3.05. The van der Waals surface area contributed by atoms with Crippen LogP contribution >= 0.6 is 0 Å². The molecule has 5 heteroatoms. The molecule has 0 bridgehead atoms. The number of rotatable bonds is 3. The zero-order valence-corrected chi connectivity index (χ0v) is 10.5. The molecule has 1 aromatic heterocycles. The van der Waals surface area contributed by atoms with Gasteiger partial charge in [-0.25, -0.2) is 9.97 Å². The summed E-state index contributed by atoms with van der Waals surface area (Å²) in [6.07, 6.45) is 4.55. The van der Waals surface area contributed by atoms with Gasteiger partial charge in [0.25, 0.3) is 0 Å². The van der Waals surface area contributed by atoms with Crippen LogP contribution in [0.15, 0.2) is 36.7 Å². The number of ether oxygens (including phenoxy) is 2. The summed E-state index contributed by atoms with van der Waals surface area (Å²) in [5.74, 6) is 1.14. The van der Waals surface area contributed by atoms with E-state index in [4.69, 9.17) is 15.2 Å². The number of benzene rings is 1. The molecule has 2 N–H and O–H groups in total. The SMILES string of the molecule is Nc1ncc(-c2ccc(OC3CCOC3)cc2)cn1. The Bertz CT molecular complexity index is 534. The Balaban J connectivity index is 1.72. The summed E-state index contributed by atoms with van der Waals surface area (Å²) >= 11 is 0. The molecular weight excluding hydrogens is 242 g/mol. The molecule has 1 fully saturated rings. The summed E-state index contributed by atoms with van der Waals surface area (Å²) < 4.78 is 11.1. The average Bonchev–Trinajstić information content (AvgIpc) is 2.94. The second-order valence-corrected chi connectivity index (χ2v) is 4.46. The fourth-order valence-electron chi connectivity index (χ4n) is 2.01. The summed E-state index contributed by atoms with van der Waals surface area (Å²) in [5.41, 5.74) is 7.44. The number of hydrogen-bond acceptors (Lipinski definition) is 5. The molecule has 5 nitrogen and oxygen atoms in total. The molecule has 1 saturated heterocycles. The first kappa shape index (κ1) is 11.9. The fourth-order valence-corrected chi connectivity index (χ4v) is 2.01. The van der Waals surface area contributed by atoms with Crippen LogP contribution in [-0.4, -0.2) is 29.3 Å². The van der Waals surface area contributed by atoms with Crippen molar-refractivity contribution in [2.75, 3.05) is 18.9 Å². The third kappa shape index (κ3) is 2.82. The van der Waals surface area contributed by atoms with Gasteiger partial charge in [0, 0.05) is 24.4 Å². The standard InChI is InChI=1S/C14H15N3O2/c15-14-16-7-11(8-17-14)10-1-3-12(4-2-10)19-13-5-6-18-9-13/h1-4,7-8,13H,5-6,9H2,(H2,15,16,17). The lowest BCUT2D eigenvalue weighted by atomic mass is 10.1. The van der Waals surface area contributed by atoms with Crippen molar-refractivity contribution in [1.29, 1.82) is 0 Å². The molecule has 0 amide bonds. The topological polar surface area (TPSA) is 70.3 Å². The second-order valence-electron chi connectivity index (χ2n) is 4.46. The van der Waals surface area contributed by atoms with Gasteiger partial charge in [-0.2, -0.15) is 0 Å². The van der Waals surface area contributed by atoms with Crippen LogP contribution in [0, 0.1) is 0 Å². The smallest absolute Gasteiger partial charge is 0.219 e. The molecule has 98 valence electrons. The van der Waals surface area contributed by atoms with Gasteiger partial charge < -0.3 is 15.2 Å². The van der Waals surface area contributed by atoms with Crippen molar-refractivity contribution in [3.63, 3.8) is 0 Å². The Hall–Kier alpha value is -2.14. The highest BCUT2D eigenvalue weighted by Gasteiger charge is 2.16. The summed E-state index contributed by atoms with van der Waals surface area (Å²) in [5, 5.41) is 0. The number of nitrogen functional groups attached to an aromatic ring is 1. The maximum atomic E-state index is 5.81. The van der Waals surface area contributed by atoms with E-state index in [1.807, 2.05) is 24.3 Å². The van der Waals surface area contributed by atoms with E-state index >= 15 is 0 Å². The second kappa shape index (κ2) is 5.24. The Labute approximate surface area is 111 Å². The van der Waals surface area contributed by atoms with Crippen molar-refractivity contribution in [3.8, 4) is 16.9 Å². The number of hydrogen-bond donors (Lipinski definition) is 1. The van der Waals surface area contributed by atoms with Gasteiger partial charge in [-0.3, -0.25) is 0 Å². The van der Waals surface area contributed by atoms with E-state index in [0.29, 0.717) is 6.61 Å². The lowest BCUT2D eigenvalue weighted by Crippen LogP contribution is -2.15. The Kier molecular flexibility index (Phi) is 3.29. The van der Waals surface area contributed by atoms with Gasteiger partial charge in [0.1, 0.15) is 11.9 Å². The third-order valence-electron chi connectivity index (χ3n) is 3.05. The molecule has 0 aliphatic carbocycles. The minimum Gasteiger partial charge on any atom is -0.488 e. The summed E-state index contributed by atoms with van der Waals surface area (Å²) in [7, 11) is 0. The van der Waals surface area contributed by atoms with Crippen LogP contribution in [0.5, 0.6) is 5.75 Å². The van der Waals surface area contributed by atoms with Crippen LogP contribution in [0.1, 0.15) is 6.42 Å². The van der Waals surface area contributed by atoms with E-state index in [-0.39, 0.29) is 12.1 Å². The monoisotopic (exact) mass is 257 g/mol. The zero-order valence-electron chi connectivity index (χ0n) is 10.5. The maximum absolute atomic E-state index is 5.81. The van der Waals surface area contributed by atoms with Crippen LogP contribution in [0.2, 0.25) is 0 Å². The molecule has 0 radical (unpaired) electrons. The number of nitrogens with two attached hydrogens (primary N) is 1. The Morgan fingerprint density at radius 2 is 1.84 bits per heavy atom. The average molecular weight is 257 g/mol. The number of anilines is 1. The lowest BCUT2D eigenvalue weighted by molar-refractivity contribution is 0.141. The van der Waals surface area contributed by atoms with Crippen LogP contribution in [0.3, 0.4) is 0 Å². The molecule has 19 heavy (non-hydrogen) atoms. The van der Waals surface area contributed by atoms with Crippen molar-refractivity contribution in [3.05, 3.63) is 36.7 Å². The minimum atomic E-state index is 0.172. The van der Waals surface area contributed by atoms with E-state index in [1.54, 1.807) is 12.4 Å². The van der Waals surface area contributed by atoms with Gasteiger partial charge in [0.15, 0.2) is 0 Å². The summed E-state index contributed by atoms with van der Waals surface area (Å²) in [6, 6.07) is 7.87. The zero-order chi connectivity index (χ0) is 13.1. The number of aromatic nitrogens is 2. The van der Waals surface area contributed by atoms with Crippen molar-refractivity contribution >= 4 is 5.95 Å². The Morgan fingerprint density at radius 1 is 1.11 bits per heavy atom. The molecule has 1 unspecified atom stereocenters. The first-order valence-corrected chi connectivity index (χ1v) is 6.23. The predicted octanol–water partition coefficient (Wildman–Crippen LogP) is 1.89. The van der Waals surface area contributed by atoms with Gasteiger partial charge in [-0.05, 0) is 17.7 Å². The van der Waals surface area contributed by atoms with Crippen LogP contribution < -0.4 is 10.5 Å². The Morgan fingerprint density at radius 3 is 2.47 bits per heavy atom. The van der Waals surface area contributed by atoms with Gasteiger partial charge in [0.2, 0.25) is 5.95 Å². The normalized spacial score (nSPS) is 18.4. The van der Waals surface area contributed by atoms with Crippen molar-refractivity contribution in [2.45, 2.75) is 12.5 Å². The van der Waals surface area contributed by atoms with Gasteiger partial charge in [-0.15, -0.1) is 0 Å². The molecule has 1 aliphatic rings. The molecule has 2 aromatic rings. The highest BCUT2D eigenvalue weighted by atomic mass is 16.5. The molecular formula is C14H15N3O2. The van der Waals surface area contributed by atoms with Gasteiger partial charge in [0.05, 0.1) is 13.2 Å². The summed E-state index contributed by atoms with van der Waals surface area (Å²) in [4.78, 5) is 7.96. The van der Waals surface area contributed by atoms with Crippen LogP contribution in [0.4, 0.5) is 5.95 Å². The lowest BCUT2D eigenvalue weighted by Gasteiger charge is -2.12. The highest BCUT2D eigenvalue weighted by Crippen LogP contribution is 2.23. The molecule has 1 atom stereocenters. The first-order chi connectivity index (χ1) is 9.31. The molecule has 0 spiro atoms. The molecule has 0 saturated carbocycles. The highest BCUT2D eigenvalue weighted by molar-refractivity contribution is 5.62. The van der Waals surface area contributed by atoms with Crippen LogP contribution in [0.25, 0.3) is 11.1 Å². The number of nitrogens with zero attached hydrogens (tertiary/aromatic N) is 2. The van der Waals surface area contributed by atoms with E-state index in [1.165, 1.54) is 0 Å². The largest absolute Gasteiger partial charge is 0.488 e. The predicted molar refractivity (Wildman–Crippen MR) is 71.7 cm³/mol. The van der Waals surface area contributed by atoms with Gasteiger partial charge in [-0.1, -0.05) is 12.1 Å². The maximum Gasteiger partial charge on any atom is 0.219 e. The van der Waals surface area contributed by atoms with E-state index in [2.05, 4.69) is 9.97 Å². The van der Waals surface area contributed by atoms with Gasteiger partial charge >= 0.3 is 0 Å². The molecule has 1 aromatic carbocycles. The molecule has 1 aliphatic heterocycles. The minimum absolute atomic E-state index is 0.172. The molecule has 3 rings (SSSR count). The van der Waals surface area contributed by atoms with E-state index in [9.17, 15) is 0 Å². The first-order valence-electron chi connectivity index (χ1n) is 6.23. The van der Waals surface area contributed by atoms with E-state index in [0.717, 1.165) is 29.9 Å². The van der Waals surface area contributed by atoms with E-state index < -0.39 is 0 Å². The fraction of sp³-hybridized carbons (Fsp3) is 0.286. The summed E-state index contributed by atoms with van der Waals surface area (Å²) in [6.45, 7) is 1.46. The quantitative estimate of drug-likeness (QED) is 0.909.